The predicted octanol–water partition coefficient (Wildman–Crippen LogP) is 2.97. The topological polar surface area (TPSA) is 64.4 Å². The lowest BCUT2D eigenvalue weighted by Gasteiger charge is -2.31. The van der Waals surface area contributed by atoms with Gasteiger partial charge in [0.05, 0.1) is 5.69 Å². The maximum absolute atomic E-state index is 13.2. The van der Waals surface area contributed by atoms with Crippen LogP contribution in [0.2, 0.25) is 0 Å². The van der Waals surface area contributed by atoms with E-state index < -0.39 is 10.0 Å². The van der Waals surface area contributed by atoms with Gasteiger partial charge in [0.15, 0.2) is 0 Å². The summed E-state index contributed by atoms with van der Waals surface area (Å²) in [5, 5.41) is 4.29. The molecule has 0 radical (unpaired) electrons. The van der Waals surface area contributed by atoms with Crippen molar-refractivity contribution in [1.29, 1.82) is 0 Å². The Bertz CT molecular complexity index is 858. The van der Waals surface area contributed by atoms with Gasteiger partial charge in [-0.05, 0) is 38.3 Å². The molecule has 1 aromatic carbocycles. The molecule has 0 amide bonds. The molecule has 1 saturated heterocycles. The van der Waals surface area contributed by atoms with Gasteiger partial charge in [0.2, 0.25) is 10.0 Å². The molecular formula is C18H24FN3O3S. The van der Waals surface area contributed by atoms with Gasteiger partial charge >= 0.3 is 0 Å². The lowest BCUT2D eigenvalue weighted by Crippen LogP contribution is -2.41. The molecule has 1 aromatic heterocycles. The van der Waals surface area contributed by atoms with E-state index in [2.05, 4.69) is 5.10 Å². The van der Waals surface area contributed by atoms with Crippen molar-refractivity contribution < 1.29 is 17.5 Å². The second-order valence-electron chi connectivity index (χ2n) is 6.52. The lowest BCUT2D eigenvalue weighted by molar-refractivity contribution is 0.134. The Kier molecular flexibility index (Phi) is 5.62. The first-order valence-corrected chi connectivity index (χ1v) is 10.3. The largest absolute Gasteiger partial charge is 0.490 e. The van der Waals surface area contributed by atoms with Crippen molar-refractivity contribution >= 4 is 10.0 Å². The number of rotatable bonds is 6. The molecule has 0 N–H and O–H groups in total. The van der Waals surface area contributed by atoms with Crippen LogP contribution in [-0.2, 0) is 16.6 Å². The fourth-order valence-electron chi connectivity index (χ4n) is 3.16. The van der Waals surface area contributed by atoms with Gasteiger partial charge in [0, 0.05) is 31.9 Å². The van der Waals surface area contributed by atoms with Gasteiger partial charge in [-0.15, -0.1) is 0 Å². The Morgan fingerprint density at radius 1 is 1.31 bits per heavy atom. The summed E-state index contributed by atoms with van der Waals surface area (Å²) < 4.78 is 48.0. The van der Waals surface area contributed by atoms with E-state index >= 15 is 0 Å². The van der Waals surface area contributed by atoms with Crippen LogP contribution in [0.5, 0.6) is 5.75 Å². The Hall–Kier alpha value is -1.93. The summed E-state index contributed by atoms with van der Waals surface area (Å²) in [6, 6.07) is 6.01. The number of benzene rings is 1. The van der Waals surface area contributed by atoms with Crippen LogP contribution in [0.3, 0.4) is 0 Å². The van der Waals surface area contributed by atoms with E-state index in [1.165, 1.54) is 16.4 Å². The second kappa shape index (κ2) is 7.75. The first-order chi connectivity index (χ1) is 12.4. The number of nitrogens with zero attached hydrogens (tertiary/aromatic N) is 3. The first kappa shape index (κ1) is 18.8. The molecule has 8 heteroatoms. The van der Waals surface area contributed by atoms with Gasteiger partial charge in [0.1, 0.15) is 22.6 Å². The molecule has 1 aliphatic heterocycles. The summed E-state index contributed by atoms with van der Waals surface area (Å²) in [4.78, 5) is 0.274. The summed E-state index contributed by atoms with van der Waals surface area (Å²) in [7, 11) is -3.56. The van der Waals surface area contributed by atoms with Gasteiger partial charge in [0.25, 0.3) is 0 Å². The lowest BCUT2D eigenvalue weighted by atomic mass is 10.1. The number of piperidine rings is 1. The number of hydrogen-bond donors (Lipinski definition) is 0. The fraction of sp³-hybridized carbons (Fsp3) is 0.500. The average molecular weight is 381 g/mol. The van der Waals surface area contributed by atoms with Crippen LogP contribution in [0, 0.1) is 12.7 Å². The van der Waals surface area contributed by atoms with Gasteiger partial charge in [-0.1, -0.05) is 13.0 Å². The van der Waals surface area contributed by atoms with E-state index in [1.807, 2.05) is 6.92 Å². The van der Waals surface area contributed by atoms with Crippen LogP contribution in [-0.4, -0.2) is 41.7 Å². The van der Waals surface area contributed by atoms with Crippen LogP contribution in [0.1, 0.15) is 31.9 Å². The zero-order valence-electron chi connectivity index (χ0n) is 15.1. The zero-order chi connectivity index (χ0) is 18.7. The molecule has 1 fully saturated rings. The standard InChI is InChI=1S/C18H24FN3O3S/c1-3-9-21-13-18(14(2)20-21)26(23,24)22-10-7-16(8-11-22)25-17-6-4-5-15(19)12-17/h4-6,12-13,16H,3,7-11H2,1-2H3. The average Bonchev–Trinajstić information content (AvgIpc) is 2.97. The Balaban J connectivity index is 1.65. The summed E-state index contributed by atoms with van der Waals surface area (Å²) in [5.41, 5.74) is 0.525. The summed E-state index contributed by atoms with van der Waals surface area (Å²) in [6.45, 7) is 5.19. The van der Waals surface area contributed by atoms with Crippen molar-refractivity contribution in [2.24, 2.45) is 0 Å². The van der Waals surface area contributed by atoms with Crippen molar-refractivity contribution in [3.05, 3.63) is 42.0 Å². The molecule has 1 aliphatic rings. The minimum absolute atomic E-state index is 0.118. The third-order valence-electron chi connectivity index (χ3n) is 4.47. The van der Waals surface area contributed by atoms with E-state index in [9.17, 15) is 12.8 Å². The Morgan fingerprint density at radius 3 is 2.69 bits per heavy atom. The SMILES string of the molecule is CCCn1cc(S(=O)(=O)N2CCC(Oc3cccc(F)c3)CC2)c(C)n1. The summed E-state index contributed by atoms with van der Waals surface area (Å²) >= 11 is 0. The molecular weight excluding hydrogens is 357 g/mol. The maximum atomic E-state index is 13.2. The van der Waals surface area contributed by atoms with Crippen LogP contribution in [0.25, 0.3) is 0 Å². The molecule has 2 heterocycles. The summed E-state index contributed by atoms with van der Waals surface area (Å²) in [6.07, 6.45) is 3.52. The highest BCUT2D eigenvalue weighted by molar-refractivity contribution is 7.89. The van der Waals surface area contributed by atoms with Gasteiger partial charge in [-0.25, -0.2) is 12.8 Å². The van der Waals surface area contributed by atoms with E-state index in [0.29, 0.717) is 43.9 Å². The first-order valence-electron chi connectivity index (χ1n) is 8.86. The fourth-order valence-corrected chi connectivity index (χ4v) is 4.80. The number of hydrogen-bond acceptors (Lipinski definition) is 4. The van der Waals surface area contributed by atoms with Crippen molar-refractivity contribution in [3.63, 3.8) is 0 Å². The number of aromatic nitrogens is 2. The molecule has 0 atom stereocenters. The third-order valence-corrected chi connectivity index (χ3v) is 6.47. The van der Waals surface area contributed by atoms with Crippen LogP contribution < -0.4 is 4.74 Å². The van der Waals surface area contributed by atoms with Gasteiger partial charge in [-0.2, -0.15) is 9.40 Å². The number of aryl methyl sites for hydroxylation is 2. The second-order valence-corrected chi connectivity index (χ2v) is 8.43. The van der Waals surface area contributed by atoms with Crippen LogP contribution in [0.4, 0.5) is 4.39 Å². The normalized spacial score (nSPS) is 16.7. The van der Waals surface area contributed by atoms with E-state index in [1.54, 1.807) is 29.9 Å². The van der Waals surface area contributed by atoms with Crippen molar-refractivity contribution in [3.8, 4) is 5.75 Å². The van der Waals surface area contributed by atoms with E-state index in [-0.39, 0.29) is 16.8 Å². The molecule has 0 spiro atoms. The van der Waals surface area contributed by atoms with Crippen molar-refractivity contribution in [2.75, 3.05) is 13.1 Å². The molecule has 26 heavy (non-hydrogen) atoms. The minimum Gasteiger partial charge on any atom is -0.490 e. The predicted molar refractivity (Wildman–Crippen MR) is 96.1 cm³/mol. The van der Waals surface area contributed by atoms with Crippen LogP contribution in [0.15, 0.2) is 35.4 Å². The molecule has 2 aromatic rings. The van der Waals surface area contributed by atoms with E-state index in [0.717, 1.165) is 6.42 Å². The van der Waals surface area contributed by atoms with Crippen molar-refractivity contribution in [2.45, 2.75) is 50.7 Å². The van der Waals surface area contributed by atoms with Gasteiger partial charge in [-0.3, -0.25) is 4.68 Å². The third kappa shape index (κ3) is 4.07. The molecule has 0 aliphatic carbocycles. The maximum Gasteiger partial charge on any atom is 0.246 e. The molecule has 0 unspecified atom stereocenters. The number of halogens is 1. The molecule has 3 rings (SSSR count). The summed E-state index contributed by atoms with van der Waals surface area (Å²) in [5.74, 6) is 0.130. The highest BCUT2D eigenvalue weighted by Crippen LogP contribution is 2.25. The minimum atomic E-state index is -3.56. The highest BCUT2D eigenvalue weighted by Gasteiger charge is 2.32. The number of ether oxygens (including phenoxy) is 1. The quantitative estimate of drug-likeness (QED) is 0.772. The number of sulfonamides is 1. The van der Waals surface area contributed by atoms with Crippen molar-refractivity contribution in [1.82, 2.24) is 14.1 Å². The monoisotopic (exact) mass is 381 g/mol. The Labute approximate surface area is 153 Å². The molecule has 142 valence electrons. The molecule has 6 nitrogen and oxygen atoms in total. The zero-order valence-corrected chi connectivity index (χ0v) is 15.9. The molecule has 0 bridgehead atoms. The highest BCUT2D eigenvalue weighted by atomic mass is 32.2. The Morgan fingerprint density at radius 2 is 2.04 bits per heavy atom. The van der Waals surface area contributed by atoms with Crippen LogP contribution >= 0.6 is 0 Å². The smallest absolute Gasteiger partial charge is 0.246 e. The molecule has 0 saturated carbocycles. The van der Waals surface area contributed by atoms with Gasteiger partial charge < -0.3 is 4.74 Å². The van der Waals surface area contributed by atoms with E-state index in [4.69, 9.17) is 4.74 Å².